The van der Waals surface area contributed by atoms with Gasteiger partial charge in [-0.25, -0.2) is 4.39 Å². The van der Waals surface area contributed by atoms with Gasteiger partial charge in [0.25, 0.3) is 0 Å². The molecule has 1 aromatic rings. The van der Waals surface area contributed by atoms with Crippen molar-refractivity contribution in [1.29, 1.82) is 5.26 Å². The van der Waals surface area contributed by atoms with Crippen LogP contribution in [0, 0.1) is 17.1 Å². The normalized spacial score (nSPS) is 11.3. The molecule has 0 unspecified atom stereocenters. The van der Waals surface area contributed by atoms with Crippen LogP contribution in [0.2, 0.25) is 0 Å². The van der Waals surface area contributed by atoms with E-state index in [9.17, 15) is 4.39 Å². The van der Waals surface area contributed by atoms with Gasteiger partial charge >= 0.3 is 0 Å². The van der Waals surface area contributed by atoms with Crippen molar-refractivity contribution in [1.82, 2.24) is 5.32 Å². The van der Waals surface area contributed by atoms with Crippen LogP contribution in [0.1, 0.15) is 37.8 Å². The first-order chi connectivity index (χ1) is 9.12. The van der Waals surface area contributed by atoms with E-state index in [1.807, 2.05) is 17.8 Å². The average Bonchev–Trinajstić information content (AvgIpc) is 2.46. The SMILES string of the molecule is CCC(CC)(CNCc1cccc(C#N)c1F)SC. The molecule has 0 atom stereocenters. The fourth-order valence-electron chi connectivity index (χ4n) is 2.09. The summed E-state index contributed by atoms with van der Waals surface area (Å²) in [6.45, 7) is 5.66. The van der Waals surface area contributed by atoms with E-state index in [1.54, 1.807) is 12.1 Å². The quantitative estimate of drug-likeness (QED) is 0.827. The molecule has 0 aliphatic heterocycles. The topological polar surface area (TPSA) is 35.8 Å². The minimum atomic E-state index is -0.403. The molecular formula is C15H21FN2S. The Morgan fingerprint density at radius 2 is 2.05 bits per heavy atom. The second-order valence-corrected chi connectivity index (χ2v) is 5.86. The summed E-state index contributed by atoms with van der Waals surface area (Å²) in [5, 5.41) is 12.1. The summed E-state index contributed by atoms with van der Waals surface area (Å²) in [6, 6.07) is 6.82. The van der Waals surface area contributed by atoms with Gasteiger partial charge < -0.3 is 5.32 Å². The number of nitriles is 1. The van der Waals surface area contributed by atoms with Gasteiger partial charge in [-0.1, -0.05) is 26.0 Å². The third-order valence-corrected chi connectivity index (χ3v) is 5.27. The van der Waals surface area contributed by atoms with Crippen LogP contribution >= 0.6 is 11.8 Å². The van der Waals surface area contributed by atoms with Crippen molar-refractivity contribution in [2.24, 2.45) is 0 Å². The van der Waals surface area contributed by atoms with E-state index < -0.39 is 5.82 Å². The first kappa shape index (κ1) is 16.0. The molecule has 0 bridgehead atoms. The molecule has 104 valence electrons. The Kier molecular flexibility index (Phi) is 6.33. The van der Waals surface area contributed by atoms with Crippen molar-refractivity contribution in [3.63, 3.8) is 0 Å². The fourth-order valence-corrected chi connectivity index (χ4v) is 2.91. The maximum absolute atomic E-state index is 13.9. The number of hydrogen-bond acceptors (Lipinski definition) is 3. The zero-order valence-electron chi connectivity index (χ0n) is 11.8. The number of benzene rings is 1. The van der Waals surface area contributed by atoms with Gasteiger partial charge in [-0.15, -0.1) is 0 Å². The highest BCUT2D eigenvalue weighted by atomic mass is 32.2. The molecule has 0 radical (unpaired) electrons. The molecule has 0 spiro atoms. The van der Waals surface area contributed by atoms with Crippen LogP contribution in [-0.2, 0) is 6.54 Å². The van der Waals surface area contributed by atoms with E-state index in [0.717, 1.165) is 19.4 Å². The van der Waals surface area contributed by atoms with Crippen LogP contribution in [0.5, 0.6) is 0 Å². The van der Waals surface area contributed by atoms with E-state index >= 15 is 0 Å². The third-order valence-electron chi connectivity index (χ3n) is 3.68. The molecule has 0 aliphatic carbocycles. The maximum Gasteiger partial charge on any atom is 0.145 e. The number of halogens is 1. The minimum Gasteiger partial charge on any atom is -0.311 e. The molecule has 2 nitrogen and oxygen atoms in total. The van der Waals surface area contributed by atoms with Gasteiger partial charge in [-0.2, -0.15) is 17.0 Å². The Hall–Kier alpha value is -1.05. The molecule has 0 fully saturated rings. The van der Waals surface area contributed by atoms with Gasteiger partial charge in [0.1, 0.15) is 11.9 Å². The predicted molar refractivity (Wildman–Crippen MR) is 79.6 cm³/mol. The number of thioether (sulfide) groups is 1. The van der Waals surface area contributed by atoms with Gasteiger partial charge in [0.05, 0.1) is 5.56 Å². The van der Waals surface area contributed by atoms with Crippen LogP contribution in [0.4, 0.5) is 4.39 Å². The number of nitrogens with one attached hydrogen (secondary N) is 1. The molecule has 0 heterocycles. The van der Waals surface area contributed by atoms with E-state index in [0.29, 0.717) is 12.1 Å². The fraction of sp³-hybridized carbons (Fsp3) is 0.533. The van der Waals surface area contributed by atoms with Crippen LogP contribution in [0.25, 0.3) is 0 Å². The van der Waals surface area contributed by atoms with Crippen molar-refractivity contribution in [2.75, 3.05) is 12.8 Å². The van der Waals surface area contributed by atoms with Crippen molar-refractivity contribution in [3.05, 3.63) is 35.1 Å². The summed E-state index contributed by atoms with van der Waals surface area (Å²) < 4.78 is 14.1. The van der Waals surface area contributed by atoms with E-state index in [4.69, 9.17) is 5.26 Å². The first-order valence-electron chi connectivity index (χ1n) is 6.55. The largest absolute Gasteiger partial charge is 0.311 e. The Labute approximate surface area is 119 Å². The van der Waals surface area contributed by atoms with Gasteiger partial charge in [-0.3, -0.25) is 0 Å². The van der Waals surface area contributed by atoms with Crippen LogP contribution in [0.3, 0.4) is 0 Å². The highest BCUT2D eigenvalue weighted by Crippen LogP contribution is 2.29. The summed E-state index contributed by atoms with van der Waals surface area (Å²) in [5.74, 6) is -0.403. The third kappa shape index (κ3) is 3.95. The zero-order chi connectivity index (χ0) is 14.3. The first-order valence-corrected chi connectivity index (χ1v) is 7.78. The molecule has 0 aliphatic rings. The van der Waals surface area contributed by atoms with Crippen LogP contribution in [-0.4, -0.2) is 17.5 Å². The Balaban J connectivity index is 2.66. The maximum atomic E-state index is 13.9. The molecule has 1 aromatic carbocycles. The van der Waals surface area contributed by atoms with E-state index in [2.05, 4.69) is 25.4 Å². The van der Waals surface area contributed by atoms with Gasteiger partial charge in [0.2, 0.25) is 0 Å². The molecule has 0 amide bonds. The summed E-state index contributed by atoms with van der Waals surface area (Å²) in [5.41, 5.74) is 0.669. The Morgan fingerprint density at radius 1 is 1.37 bits per heavy atom. The Morgan fingerprint density at radius 3 is 2.58 bits per heavy atom. The van der Waals surface area contributed by atoms with Crippen molar-refractivity contribution in [2.45, 2.75) is 38.0 Å². The molecule has 0 saturated carbocycles. The van der Waals surface area contributed by atoms with Crippen molar-refractivity contribution >= 4 is 11.8 Å². The lowest BCUT2D eigenvalue weighted by Crippen LogP contribution is -2.36. The standard InChI is InChI=1S/C15H21FN2S/c1-4-15(5-2,19-3)11-18-10-13-8-6-7-12(9-17)14(13)16/h6-8,18H,4-5,10-11H2,1-3H3. The van der Waals surface area contributed by atoms with Crippen molar-refractivity contribution < 1.29 is 4.39 Å². The molecular weight excluding hydrogens is 259 g/mol. The molecule has 1 N–H and O–H groups in total. The summed E-state index contributed by atoms with van der Waals surface area (Å²) >= 11 is 1.86. The molecule has 4 heteroatoms. The number of nitrogens with zero attached hydrogens (tertiary/aromatic N) is 1. The smallest absolute Gasteiger partial charge is 0.145 e. The summed E-state index contributed by atoms with van der Waals surface area (Å²) in [4.78, 5) is 0. The van der Waals surface area contributed by atoms with Gasteiger partial charge in [0, 0.05) is 23.4 Å². The van der Waals surface area contributed by atoms with Crippen LogP contribution in [0.15, 0.2) is 18.2 Å². The van der Waals surface area contributed by atoms with Crippen LogP contribution < -0.4 is 5.32 Å². The molecule has 0 saturated heterocycles. The Bertz CT molecular complexity index is 442. The lowest BCUT2D eigenvalue weighted by atomic mass is 10.0. The summed E-state index contributed by atoms with van der Waals surface area (Å²) in [7, 11) is 0. The van der Waals surface area contributed by atoms with E-state index in [1.165, 1.54) is 6.07 Å². The molecule has 1 rings (SSSR count). The molecule has 19 heavy (non-hydrogen) atoms. The van der Waals surface area contributed by atoms with Crippen molar-refractivity contribution in [3.8, 4) is 6.07 Å². The second kappa shape index (κ2) is 7.52. The average molecular weight is 280 g/mol. The lowest BCUT2D eigenvalue weighted by molar-refractivity contribution is 0.488. The summed E-state index contributed by atoms with van der Waals surface area (Å²) in [6.07, 6.45) is 4.28. The lowest BCUT2D eigenvalue weighted by Gasteiger charge is -2.30. The highest BCUT2D eigenvalue weighted by molar-refractivity contribution is 8.00. The number of hydrogen-bond donors (Lipinski definition) is 1. The highest BCUT2D eigenvalue weighted by Gasteiger charge is 2.24. The predicted octanol–water partition coefficient (Wildman–Crippen LogP) is 3.71. The zero-order valence-corrected chi connectivity index (χ0v) is 12.6. The molecule has 0 aromatic heterocycles. The van der Waals surface area contributed by atoms with E-state index in [-0.39, 0.29) is 10.3 Å². The second-order valence-electron chi connectivity index (χ2n) is 4.59. The van der Waals surface area contributed by atoms with Gasteiger partial charge in [0.15, 0.2) is 0 Å². The minimum absolute atomic E-state index is 0.112. The monoisotopic (exact) mass is 280 g/mol. The number of rotatable bonds is 7. The van der Waals surface area contributed by atoms with Gasteiger partial charge in [-0.05, 0) is 25.2 Å².